The van der Waals surface area contributed by atoms with Gasteiger partial charge in [-0.1, -0.05) is 42.0 Å². The van der Waals surface area contributed by atoms with Crippen molar-refractivity contribution in [1.29, 1.82) is 0 Å². The average Bonchev–Trinajstić information content (AvgIpc) is 3.53. The Hall–Kier alpha value is -3.12. The van der Waals surface area contributed by atoms with E-state index in [-0.39, 0.29) is 41.4 Å². The van der Waals surface area contributed by atoms with Crippen molar-refractivity contribution in [3.05, 3.63) is 71.3 Å². The molecule has 0 spiro atoms. The minimum Gasteiger partial charge on any atom is -0.367 e. The molecule has 168 valence electrons. The normalized spacial score (nSPS) is 28.1. The summed E-state index contributed by atoms with van der Waals surface area (Å²) < 4.78 is 0. The van der Waals surface area contributed by atoms with Crippen LogP contribution >= 0.6 is 11.6 Å². The van der Waals surface area contributed by atoms with Gasteiger partial charge in [0.25, 0.3) is 5.91 Å². The minimum absolute atomic E-state index is 0.0864. The predicted octanol–water partition coefficient (Wildman–Crippen LogP) is 3.61. The number of anilines is 2. The lowest BCUT2D eigenvalue weighted by Gasteiger charge is -2.36. The van der Waals surface area contributed by atoms with Gasteiger partial charge in [0.15, 0.2) is 0 Å². The molecule has 3 fully saturated rings. The van der Waals surface area contributed by atoms with E-state index in [0.29, 0.717) is 42.5 Å². The summed E-state index contributed by atoms with van der Waals surface area (Å²) >= 11 is 6.33. The zero-order valence-electron chi connectivity index (χ0n) is 18.1. The summed E-state index contributed by atoms with van der Waals surface area (Å²) in [6.07, 6.45) is 5.07. The number of hydrogen-bond donors (Lipinski definition) is 0. The maximum absolute atomic E-state index is 13.2. The SMILES string of the molecule is O=C(c1cccc(N2C(=O)[C@H]3[C@H](C2=O)[C@H]2C=C[C@H]3C2)c1)N1CCN(c2ccccc2Cl)CC1. The van der Waals surface area contributed by atoms with E-state index in [1.165, 1.54) is 4.90 Å². The molecule has 6 nitrogen and oxygen atoms in total. The lowest BCUT2D eigenvalue weighted by Crippen LogP contribution is -2.48. The van der Waals surface area contributed by atoms with Crippen molar-refractivity contribution in [3.8, 4) is 0 Å². The second kappa shape index (κ2) is 7.73. The van der Waals surface area contributed by atoms with E-state index in [4.69, 9.17) is 11.6 Å². The van der Waals surface area contributed by atoms with Crippen molar-refractivity contribution < 1.29 is 14.4 Å². The van der Waals surface area contributed by atoms with Crippen molar-refractivity contribution >= 4 is 40.7 Å². The second-order valence-electron chi connectivity index (χ2n) is 9.29. The third-order valence-corrected chi connectivity index (χ3v) is 7.90. The number of amides is 3. The summed E-state index contributed by atoms with van der Waals surface area (Å²) in [6, 6.07) is 14.7. The van der Waals surface area contributed by atoms with Gasteiger partial charge in [0, 0.05) is 31.7 Å². The lowest BCUT2D eigenvalue weighted by atomic mass is 9.85. The molecule has 0 unspecified atom stereocenters. The van der Waals surface area contributed by atoms with Crippen LogP contribution in [0, 0.1) is 23.7 Å². The Morgan fingerprint density at radius 1 is 0.848 bits per heavy atom. The van der Waals surface area contributed by atoms with Crippen LogP contribution in [0.3, 0.4) is 0 Å². The van der Waals surface area contributed by atoms with E-state index in [0.717, 1.165) is 12.1 Å². The number of allylic oxidation sites excluding steroid dienone is 2. The first kappa shape index (κ1) is 20.5. The fourth-order valence-electron chi connectivity index (χ4n) is 5.98. The highest BCUT2D eigenvalue weighted by Gasteiger charge is 2.59. The maximum Gasteiger partial charge on any atom is 0.254 e. The first-order valence-electron chi connectivity index (χ1n) is 11.5. The van der Waals surface area contributed by atoms with Crippen LogP contribution < -0.4 is 9.80 Å². The largest absolute Gasteiger partial charge is 0.367 e. The van der Waals surface area contributed by atoms with Crippen LogP contribution in [0.15, 0.2) is 60.7 Å². The molecule has 2 heterocycles. The van der Waals surface area contributed by atoms with E-state index >= 15 is 0 Å². The summed E-state index contributed by atoms with van der Waals surface area (Å²) in [5.74, 6) is -0.493. The summed E-state index contributed by atoms with van der Waals surface area (Å²) in [7, 11) is 0. The van der Waals surface area contributed by atoms with Gasteiger partial charge in [-0.25, -0.2) is 4.90 Å². The smallest absolute Gasteiger partial charge is 0.254 e. The van der Waals surface area contributed by atoms with Gasteiger partial charge in [-0.05, 0) is 48.6 Å². The van der Waals surface area contributed by atoms with Crippen molar-refractivity contribution in [2.45, 2.75) is 6.42 Å². The predicted molar refractivity (Wildman–Crippen MR) is 126 cm³/mol. The standard InChI is InChI=1S/C26H24ClN3O3/c27-20-6-1-2-7-21(20)28-10-12-29(13-11-28)24(31)18-4-3-5-19(15-18)30-25(32)22-16-8-9-17(14-16)23(22)26(30)33/h1-9,15-17,22-23H,10-14H2/t16-,17-,22+,23+/m0/s1. The number of nitrogens with zero attached hydrogens (tertiary/aromatic N) is 3. The van der Waals surface area contributed by atoms with E-state index in [9.17, 15) is 14.4 Å². The molecule has 0 aromatic heterocycles. The van der Waals surface area contributed by atoms with Gasteiger partial charge in [0.2, 0.25) is 11.8 Å². The van der Waals surface area contributed by atoms with Gasteiger partial charge in [-0.15, -0.1) is 0 Å². The molecule has 6 rings (SSSR count). The zero-order chi connectivity index (χ0) is 22.7. The number of piperazine rings is 1. The van der Waals surface area contributed by atoms with Gasteiger partial charge in [0.1, 0.15) is 0 Å². The third kappa shape index (κ3) is 3.19. The van der Waals surface area contributed by atoms with Crippen molar-refractivity contribution in [2.75, 3.05) is 36.0 Å². The first-order valence-corrected chi connectivity index (χ1v) is 11.9. The molecule has 2 aliphatic carbocycles. The zero-order valence-corrected chi connectivity index (χ0v) is 18.8. The Labute approximate surface area is 197 Å². The molecule has 2 aliphatic heterocycles. The molecular weight excluding hydrogens is 438 g/mol. The first-order chi connectivity index (χ1) is 16.0. The lowest BCUT2D eigenvalue weighted by molar-refractivity contribution is -0.123. The Morgan fingerprint density at radius 2 is 1.52 bits per heavy atom. The molecule has 2 aromatic rings. The van der Waals surface area contributed by atoms with Crippen LogP contribution in [0.5, 0.6) is 0 Å². The molecule has 3 amide bonds. The quantitative estimate of drug-likeness (QED) is 0.517. The summed E-state index contributed by atoms with van der Waals surface area (Å²) in [5, 5.41) is 0.707. The Balaban J connectivity index is 1.18. The van der Waals surface area contributed by atoms with Gasteiger partial charge < -0.3 is 9.80 Å². The van der Waals surface area contributed by atoms with Crippen LogP contribution in [0.4, 0.5) is 11.4 Å². The Morgan fingerprint density at radius 3 is 2.18 bits per heavy atom. The number of para-hydroxylation sites is 1. The average molecular weight is 462 g/mol. The number of carbonyl (C=O) groups excluding carboxylic acids is 3. The van der Waals surface area contributed by atoms with Crippen LogP contribution in [0.2, 0.25) is 5.02 Å². The topological polar surface area (TPSA) is 60.9 Å². The molecule has 1 saturated carbocycles. The molecular formula is C26H24ClN3O3. The van der Waals surface area contributed by atoms with Gasteiger partial charge in [-0.3, -0.25) is 14.4 Å². The molecule has 0 radical (unpaired) electrons. The fourth-order valence-corrected chi connectivity index (χ4v) is 6.23. The number of hydrogen-bond acceptors (Lipinski definition) is 4. The molecule has 4 atom stereocenters. The molecule has 0 N–H and O–H groups in total. The number of benzene rings is 2. The Kier molecular flexibility index (Phi) is 4.80. The van der Waals surface area contributed by atoms with Crippen LogP contribution in [-0.4, -0.2) is 48.8 Å². The van der Waals surface area contributed by atoms with Crippen LogP contribution in [0.25, 0.3) is 0 Å². The highest BCUT2D eigenvalue weighted by molar-refractivity contribution is 6.33. The number of fused-ring (bicyclic) bond motifs is 5. The number of rotatable bonds is 3. The van der Waals surface area contributed by atoms with Gasteiger partial charge in [0.05, 0.1) is 28.2 Å². The van der Waals surface area contributed by atoms with E-state index in [2.05, 4.69) is 17.1 Å². The molecule has 2 aromatic carbocycles. The van der Waals surface area contributed by atoms with Crippen molar-refractivity contribution in [2.24, 2.45) is 23.7 Å². The summed E-state index contributed by atoms with van der Waals surface area (Å²) in [6.45, 7) is 2.54. The molecule has 2 bridgehead atoms. The number of halogens is 1. The minimum atomic E-state index is -0.246. The monoisotopic (exact) mass is 461 g/mol. The molecule has 4 aliphatic rings. The fraction of sp³-hybridized carbons (Fsp3) is 0.346. The third-order valence-electron chi connectivity index (χ3n) is 7.58. The number of imide groups is 1. The van der Waals surface area contributed by atoms with Crippen LogP contribution in [-0.2, 0) is 9.59 Å². The summed E-state index contributed by atoms with van der Waals surface area (Å²) in [5.41, 5.74) is 1.98. The maximum atomic E-state index is 13.2. The van der Waals surface area contributed by atoms with E-state index in [1.807, 2.05) is 29.2 Å². The van der Waals surface area contributed by atoms with Crippen LogP contribution in [0.1, 0.15) is 16.8 Å². The Bertz CT molecular complexity index is 1160. The highest BCUT2D eigenvalue weighted by Crippen LogP contribution is 2.53. The molecule has 2 saturated heterocycles. The van der Waals surface area contributed by atoms with Crippen molar-refractivity contribution in [1.82, 2.24) is 4.90 Å². The summed E-state index contributed by atoms with van der Waals surface area (Å²) in [4.78, 5) is 44.8. The molecule has 7 heteroatoms. The second-order valence-corrected chi connectivity index (χ2v) is 9.70. The van der Waals surface area contributed by atoms with E-state index < -0.39 is 0 Å². The van der Waals surface area contributed by atoms with Gasteiger partial charge in [-0.2, -0.15) is 0 Å². The highest BCUT2D eigenvalue weighted by atomic mass is 35.5. The van der Waals surface area contributed by atoms with E-state index in [1.54, 1.807) is 24.3 Å². The number of carbonyl (C=O) groups is 3. The van der Waals surface area contributed by atoms with Crippen molar-refractivity contribution in [3.63, 3.8) is 0 Å². The van der Waals surface area contributed by atoms with Gasteiger partial charge >= 0.3 is 0 Å². The molecule has 33 heavy (non-hydrogen) atoms.